The zero-order valence-electron chi connectivity index (χ0n) is 26.8. The first-order chi connectivity index (χ1) is 23.4. The highest BCUT2D eigenvalue weighted by Crippen LogP contribution is 2.38. The van der Waals surface area contributed by atoms with Crippen LogP contribution >= 0.6 is 0 Å². The molecule has 248 valence electrons. The molecule has 6 rings (SSSR count). The number of aromatic nitrogens is 2. The summed E-state index contributed by atoms with van der Waals surface area (Å²) in [6.07, 6.45) is 3.48. The number of anilines is 2. The molecule has 0 radical (unpaired) electrons. The summed E-state index contributed by atoms with van der Waals surface area (Å²) in [5.41, 5.74) is 12.7. The van der Waals surface area contributed by atoms with E-state index in [1.807, 2.05) is 85.2 Å². The van der Waals surface area contributed by atoms with Crippen molar-refractivity contribution in [2.75, 3.05) is 11.1 Å². The molecule has 5 aromatic rings. The van der Waals surface area contributed by atoms with Gasteiger partial charge in [0, 0.05) is 31.4 Å². The molecule has 2 heterocycles. The molecule has 48 heavy (non-hydrogen) atoms. The van der Waals surface area contributed by atoms with Crippen molar-refractivity contribution in [1.82, 2.24) is 14.9 Å². The molecular formula is C38H41N5O5. The number of nitrogen functional groups attached to an aromatic ring is 1. The Labute approximate surface area is 279 Å². The molecule has 1 aromatic heterocycles. The van der Waals surface area contributed by atoms with Crippen LogP contribution in [0.4, 0.5) is 11.4 Å². The lowest BCUT2D eigenvalue weighted by atomic mass is 9.99. The van der Waals surface area contributed by atoms with Gasteiger partial charge in [-0.25, -0.2) is 4.98 Å². The number of carbonyl (C=O) groups excluding carboxylic acids is 2. The van der Waals surface area contributed by atoms with Crippen molar-refractivity contribution in [1.29, 1.82) is 0 Å². The second-order valence-electron chi connectivity index (χ2n) is 12.1. The predicted molar refractivity (Wildman–Crippen MR) is 184 cm³/mol. The molecule has 4 aromatic carbocycles. The Kier molecular flexibility index (Phi) is 10.8. The minimum atomic E-state index is -0.583. The van der Waals surface area contributed by atoms with Gasteiger partial charge >= 0.3 is 0 Å². The summed E-state index contributed by atoms with van der Waals surface area (Å²) in [6, 6.07) is 30.9. The molecule has 5 N–H and O–H groups in total. The number of nitrogens with two attached hydrogens (primary N) is 1. The van der Waals surface area contributed by atoms with Gasteiger partial charge in [-0.15, -0.1) is 0 Å². The molecule has 1 aliphatic rings. The zero-order valence-corrected chi connectivity index (χ0v) is 26.8. The number of unbranched alkanes of at least 4 members (excludes halogenated alkanes) is 1. The first-order valence-electron chi connectivity index (χ1n) is 16.4. The van der Waals surface area contributed by atoms with E-state index in [9.17, 15) is 14.7 Å². The van der Waals surface area contributed by atoms with Crippen LogP contribution in [-0.4, -0.2) is 32.6 Å². The number of amides is 2. The molecule has 0 spiro atoms. The van der Waals surface area contributed by atoms with Crippen LogP contribution in [0.2, 0.25) is 0 Å². The maximum atomic E-state index is 12.5. The van der Waals surface area contributed by atoms with Gasteiger partial charge < -0.3 is 35.5 Å². The molecule has 10 heteroatoms. The van der Waals surface area contributed by atoms with E-state index in [1.165, 1.54) is 0 Å². The highest BCUT2D eigenvalue weighted by atomic mass is 16.7. The Morgan fingerprint density at radius 2 is 1.52 bits per heavy atom. The Bertz CT molecular complexity index is 1820. The molecule has 0 aliphatic carbocycles. The third-order valence-corrected chi connectivity index (χ3v) is 8.58. The second-order valence-corrected chi connectivity index (χ2v) is 12.1. The maximum absolute atomic E-state index is 12.5. The lowest BCUT2D eigenvalue weighted by Gasteiger charge is -2.36. The molecule has 3 atom stereocenters. The number of hydrogen-bond donors (Lipinski definition) is 4. The smallest absolute Gasteiger partial charge is 0.224 e. The fourth-order valence-electron chi connectivity index (χ4n) is 5.88. The van der Waals surface area contributed by atoms with Crippen LogP contribution < -0.4 is 16.4 Å². The van der Waals surface area contributed by atoms with Crippen LogP contribution in [0.5, 0.6) is 0 Å². The lowest BCUT2D eigenvalue weighted by Crippen LogP contribution is -2.32. The van der Waals surface area contributed by atoms with Crippen molar-refractivity contribution in [2.24, 2.45) is 0 Å². The van der Waals surface area contributed by atoms with Gasteiger partial charge in [0.2, 0.25) is 11.8 Å². The van der Waals surface area contributed by atoms with Crippen LogP contribution in [0.15, 0.2) is 103 Å². The van der Waals surface area contributed by atoms with E-state index in [0.29, 0.717) is 56.6 Å². The van der Waals surface area contributed by atoms with E-state index >= 15 is 0 Å². The second kappa shape index (κ2) is 15.7. The largest absolute Gasteiger partial charge is 0.397 e. The van der Waals surface area contributed by atoms with Crippen molar-refractivity contribution in [2.45, 2.75) is 70.3 Å². The number of hydrogen-bond acceptors (Lipinski definition) is 7. The number of nitrogens with zero attached hydrogens (tertiary/aromatic N) is 2. The van der Waals surface area contributed by atoms with Crippen molar-refractivity contribution in [3.63, 3.8) is 0 Å². The number of ether oxygens (including phenoxy) is 2. The monoisotopic (exact) mass is 647 g/mol. The number of rotatable bonds is 13. The highest BCUT2D eigenvalue weighted by molar-refractivity contribution is 5.93. The van der Waals surface area contributed by atoms with Gasteiger partial charge in [-0.3, -0.25) is 9.59 Å². The fourth-order valence-corrected chi connectivity index (χ4v) is 5.88. The van der Waals surface area contributed by atoms with Crippen LogP contribution in [-0.2, 0) is 38.8 Å². The van der Waals surface area contributed by atoms with Crippen LogP contribution in [0.3, 0.4) is 0 Å². The van der Waals surface area contributed by atoms with Crippen molar-refractivity contribution < 1.29 is 24.2 Å². The van der Waals surface area contributed by atoms with E-state index in [0.717, 1.165) is 33.3 Å². The van der Waals surface area contributed by atoms with Gasteiger partial charge in [0.15, 0.2) is 6.29 Å². The third kappa shape index (κ3) is 8.46. The Hall–Kier alpha value is -5.03. The summed E-state index contributed by atoms with van der Waals surface area (Å²) in [7, 11) is 0. The number of imidazole rings is 1. The third-order valence-electron chi connectivity index (χ3n) is 8.58. The van der Waals surface area contributed by atoms with Gasteiger partial charge in [-0.1, -0.05) is 72.8 Å². The first kappa shape index (κ1) is 32.9. The fraction of sp³-hybridized carbons (Fsp3) is 0.289. The van der Waals surface area contributed by atoms with Gasteiger partial charge in [0.25, 0.3) is 0 Å². The Morgan fingerprint density at radius 1 is 0.833 bits per heavy atom. The van der Waals surface area contributed by atoms with Crippen LogP contribution in [0.1, 0.15) is 66.8 Å². The normalized spacial score (nSPS) is 17.6. The highest BCUT2D eigenvalue weighted by Gasteiger charge is 2.32. The standard InChI is InChI=1S/C38H41N5O5/c39-31-7-1-2-8-32(31)42-37(46)12-6-5-11-36(45)40-22-26-13-19-29(20-14-26)38-47-30(23-43-25-41-33-9-3-4-10-34(33)43)21-35(48-38)28-17-15-27(24-44)16-18-28/h1-4,7-10,13-20,25,30,35,38,44H,5-6,11-12,21-24,39H2,(H,40,45)(H,42,46)/t30-,35+,38+/m0/s1. The maximum Gasteiger partial charge on any atom is 0.224 e. The molecule has 1 fully saturated rings. The number of carbonyl (C=O) groups is 2. The SMILES string of the molecule is Nc1ccccc1NC(=O)CCCCC(=O)NCc1ccc([C@@H]2O[C@H](Cn3cnc4ccccc43)C[C@H](c3ccc(CO)cc3)O2)cc1. The number of nitrogens with one attached hydrogen (secondary N) is 2. The van der Waals surface area contributed by atoms with Crippen LogP contribution in [0, 0.1) is 0 Å². The summed E-state index contributed by atoms with van der Waals surface area (Å²) < 4.78 is 15.1. The number of aliphatic hydroxyl groups is 1. The van der Waals surface area contributed by atoms with E-state index in [-0.39, 0.29) is 30.6 Å². The number of fused-ring (bicyclic) bond motifs is 1. The molecule has 1 saturated heterocycles. The number of aliphatic hydroxyl groups excluding tert-OH is 1. The average molecular weight is 648 g/mol. The summed E-state index contributed by atoms with van der Waals surface area (Å²) in [6.45, 7) is 1.02. The Balaban J connectivity index is 1.02. The van der Waals surface area contributed by atoms with Crippen molar-refractivity contribution in [3.05, 3.63) is 126 Å². The molecule has 1 aliphatic heterocycles. The molecule has 0 unspecified atom stereocenters. The number of benzene rings is 4. The summed E-state index contributed by atoms with van der Waals surface area (Å²) in [5, 5.41) is 15.3. The summed E-state index contributed by atoms with van der Waals surface area (Å²) in [5.74, 6) is -0.178. The zero-order chi connectivity index (χ0) is 33.3. The molecule has 2 amide bonds. The van der Waals surface area contributed by atoms with Gasteiger partial charge in [-0.05, 0) is 53.8 Å². The van der Waals surface area contributed by atoms with Gasteiger partial charge in [-0.2, -0.15) is 0 Å². The molecular weight excluding hydrogens is 606 g/mol. The molecule has 0 bridgehead atoms. The minimum Gasteiger partial charge on any atom is -0.397 e. The molecule has 10 nitrogen and oxygen atoms in total. The van der Waals surface area contributed by atoms with E-state index < -0.39 is 6.29 Å². The van der Waals surface area contributed by atoms with Crippen LogP contribution in [0.25, 0.3) is 11.0 Å². The minimum absolute atomic E-state index is 0.00908. The summed E-state index contributed by atoms with van der Waals surface area (Å²) >= 11 is 0. The summed E-state index contributed by atoms with van der Waals surface area (Å²) in [4.78, 5) is 29.2. The first-order valence-corrected chi connectivity index (χ1v) is 16.4. The quantitative estimate of drug-likeness (QED) is 0.0885. The topological polar surface area (TPSA) is 141 Å². The molecule has 0 saturated carbocycles. The van der Waals surface area contributed by atoms with E-state index in [4.69, 9.17) is 15.2 Å². The van der Waals surface area contributed by atoms with Crippen molar-refractivity contribution in [3.8, 4) is 0 Å². The lowest BCUT2D eigenvalue weighted by molar-refractivity contribution is -0.252. The van der Waals surface area contributed by atoms with Gasteiger partial charge in [0.05, 0.1) is 54.1 Å². The predicted octanol–water partition coefficient (Wildman–Crippen LogP) is 6.17. The Morgan fingerprint density at radius 3 is 2.29 bits per heavy atom. The van der Waals surface area contributed by atoms with Gasteiger partial charge in [0.1, 0.15) is 0 Å². The van der Waals surface area contributed by atoms with E-state index in [1.54, 1.807) is 12.1 Å². The van der Waals surface area contributed by atoms with Crippen molar-refractivity contribution >= 4 is 34.2 Å². The average Bonchev–Trinajstić information content (AvgIpc) is 3.52. The van der Waals surface area contributed by atoms with E-state index in [2.05, 4.69) is 26.3 Å². The number of para-hydroxylation sites is 4.